The van der Waals surface area contributed by atoms with Gasteiger partial charge in [0.15, 0.2) is 0 Å². The van der Waals surface area contributed by atoms with Gasteiger partial charge in [-0.1, -0.05) is 66.2 Å². The van der Waals surface area contributed by atoms with Crippen molar-refractivity contribution in [3.8, 4) is 16.9 Å². The smallest absolute Gasteiger partial charge is 0.119 e. The molecule has 1 saturated heterocycles. The Labute approximate surface area is 166 Å². The number of rotatable bonds is 5. The van der Waals surface area contributed by atoms with Crippen molar-refractivity contribution >= 4 is 11.6 Å². The van der Waals surface area contributed by atoms with E-state index in [0.717, 1.165) is 36.8 Å². The molecule has 0 aliphatic carbocycles. The molecule has 1 unspecified atom stereocenters. The highest BCUT2D eigenvalue weighted by molar-refractivity contribution is 6.30. The molecule has 2 nitrogen and oxygen atoms in total. The molecule has 0 radical (unpaired) electrons. The van der Waals surface area contributed by atoms with Gasteiger partial charge in [0.1, 0.15) is 11.9 Å². The van der Waals surface area contributed by atoms with Crippen LogP contribution in [0.3, 0.4) is 0 Å². The quantitative estimate of drug-likeness (QED) is 0.536. The van der Waals surface area contributed by atoms with Crippen LogP contribution in [0.25, 0.3) is 11.1 Å². The van der Waals surface area contributed by atoms with E-state index in [-0.39, 0.29) is 6.10 Å². The first-order valence-electron chi connectivity index (χ1n) is 9.55. The zero-order chi connectivity index (χ0) is 18.5. The average molecular weight is 378 g/mol. The molecule has 1 heterocycles. The first-order chi connectivity index (χ1) is 13.3. The molecule has 3 heteroatoms. The lowest BCUT2D eigenvalue weighted by molar-refractivity contribution is 0.0843. The normalized spacial score (nSPS) is 17.6. The van der Waals surface area contributed by atoms with Crippen LogP contribution in [0.2, 0.25) is 5.02 Å². The van der Waals surface area contributed by atoms with Crippen molar-refractivity contribution < 1.29 is 4.74 Å². The molecule has 138 valence electrons. The van der Waals surface area contributed by atoms with Gasteiger partial charge in [0.25, 0.3) is 0 Å². The monoisotopic (exact) mass is 377 g/mol. The second-order valence-corrected chi connectivity index (χ2v) is 7.57. The molecule has 0 bridgehead atoms. The Bertz CT molecular complexity index is 846. The van der Waals surface area contributed by atoms with Crippen LogP contribution in [-0.4, -0.2) is 24.1 Å². The van der Waals surface area contributed by atoms with E-state index in [0.29, 0.717) is 0 Å². The number of hydrogen-bond donors (Lipinski definition) is 0. The van der Waals surface area contributed by atoms with Crippen molar-refractivity contribution in [2.24, 2.45) is 0 Å². The van der Waals surface area contributed by atoms with E-state index in [2.05, 4.69) is 65.6 Å². The van der Waals surface area contributed by atoms with Crippen molar-refractivity contribution in [1.29, 1.82) is 0 Å². The van der Waals surface area contributed by atoms with Crippen molar-refractivity contribution in [1.82, 2.24) is 4.90 Å². The van der Waals surface area contributed by atoms with Gasteiger partial charge in [-0.15, -0.1) is 0 Å². The van der Waals surface area contributed by atoms with Gasteiger partial charge in [0.05, 0.1) is 0 Å². The van der Waals surface area contributed by atoms with Gasteiger partial charge in [0, 0.05) is 18.1 Å². The molecule has 1 atom stereocenters. The average Bonchev–Trinajstić information content (AvgIpc) is 2.71. The van der Waals surface area contributed by atoms with Crippen molar-refractivity contribution in [2.75, 3.05) is 13.1 Å². The lowest BCUT2D eigenvalue weighted by Gasteiger charge is -2.33. The van der Waals surface area contributed by atoms with Gasteiger partial charge in [0.2, 0.25) is 0 Å². The van der Waals surface area contributed by atoms with E-state index in [1.165, 1.54) is 23.1 Å². The minimum Gasteiger partial charge on any atom is -0.489 e. The van der Waals surface area contributed by atoms with Gasteiger partial charge >= 0.3 is 0 Å². The molecule has 1 fully saturated rings. The third-order valence-corrected chi connectivity index (χ3v) is 5.30. The second kappa shape index (κ2) is 8.60. The second-order valence-electron chi connectivity index (χ2n) is 7.13. The first kappa shape index (κ1) is 18.1. The minimum absolute atomic E-state index is 0.244. The van der Waals surface area contributed by atoms with Crippen LogP contribution in [-0.2, 0) is 6.54 Å². The fraction of sp³-hybridized carbons (Fsp3) is 0.250. The minimum atomic E-state index is 0.244. The molecule has 0 amide bonds. The molecule has 3 aromatic carbocycles. The Morgan fingerprint density at radius 1 is 0.852 bits per heavy atom. The van der Waals surface area contributed by atoms with Gasteiger partial charge in [-0.3, -0.25) is 4.90 Å². The first-order valence-corrected chi connectivity index (χ1v) is 9.93. The highest BCUT2D eigenvalue weighted by Gasteiger charge is 2.21. The van der Waals surface area contributed by atoms with E-state index >= 15 is 0 Å². The summed E-state index contributed by atoms with van der Waals surface area (Å²) >= 11 is 5.98. The fourth-order valence-corrected chi connectivity index (χ4v) is 3.78. The molecule has 0 aromatic heterocycles. The summed E-state index contributed by atoms with van der Waals surface area (Å²) in [6, 6.07) is 27.0. The van der Waals surface area contributed by atoms with Crippen LogP contribution < -0.4 is 4.74 Å². The Morgan fingerprint density at radius 3 is 2.30 bits per heavy atom. The molecule has 0 saturated carbocycles. The van der Waals surface area contributed by atoms with E-state index in [9.17, 15) is 0 Å². The van der Waals surface area contributed by atoms with E-state index in [4.69, 9.17) is 16.3 Å². The summed E-state index contributed by atoms with van der Waals surface area (Å²) in [6.45, 7) is 3.03. The maximum atomic E-state index is 6.27. The molecule has 4 rings (SSSR count). The SMILES string of the molecule is Clc1ccc(CN2CCCC(Oc3ccc(-c4ccccc4)cc3)C2)cc1. The molecule has 27 heavy (non-hydrogen) atoms. The van der Waals surface area contributed by atoms with E-state index in [1.807, 2.05) is 18.2 Å². The summed E-state index contributed by atoms with van der Waals surface area (Å²) in [5.74, 6) is 0.952. The van der Waals surface area contributed by atoms with Gasteiger partial charge in [-0.05, 0) is 60.3 Å². The predicted octanol–water partition coefficient (Wildman–Crippen LogP) is 6.05. The number of likely N-dealkylation sites (tertiary alicyclic amines) is 1. The summed E-state index contributed by atoms with van der Waals surface area (Å²) in [5.41, 5.74) is 3.75. The molecule has 0 N–H and O–H groups in total. The van der Waals surface area contributed by atoms with E-state index in [1.54, 1.807) is 0 Å². The van der Waals surface area contributed by atoms with Crippen molar-refractivity contribution in [3.05, 3.63) is 89.4 Å². The van der Waals surface area contributed by atoms with Crippen LogP contribution in [0.1, 0.15) is 18.4 Å². The maximum Gasteiger partial charge on any atom is 0.119 e. The number of benzene rings is 3. The third kappa shape index (κ3) is 4.91. The van der Waals surface area contributed by atoms with Gasteiger partial charge < -0.3 is 4.74 Å². The van der Waals surface area contributed by atoms with Crippen LogP contribution in [0.15, 0.2) is 78.9 Å². The third-order valence-electron chi connectivity index (χ3n) is 5.05. The lowest BCUT2D eigenvalue weighted by atomic mass is 10.1. The Kier molecular flexibility index (Phi) is 5.76. The van der Waals surface area contributed by atoms with E-state index < -0.39 is 0 Å². The van der Waals surface area contributed by atoms with Crippen molar-refractivity contribution in [2.45, 2.75) is 25.5 Å². The molecule has 1 aliphatic rings. The van der Waals surface area contributed by atoms with Crippen LogP contribution in [0.4, 0.5) is 0 Å². The molecular formula is C24H24ClNO. The number of ether oxygens (including phenoxy) is 1. The number of halogens is 1. The zero-order valence-corrected chi connectivity index (χ0v) is 16.1. The van der Waals surface area contributed by atoms with Crippen LogP contribution >= 0.6 is 11.6 Å². The number of piperidine rings is 1. The standard InChI is InChI=1S/C24H24ClNO/c25-22-12-8-19(9-13-22)17-26-16-4-7-24(18-26)27-23-14-10-21(11-15-23)20-5-2-1-3-6-20/h1-3,5-6,8-15,24H,4,7,16-18H2. The van der Waals surface area contributed by atoms with Gasteiger partial charge in [-0.2, -0.15) is 0 Å². The highest BCUT2D eigenvalue weighted by atomic mass is 35.5. The highest BCUT2D eigenvalue weighted by Crippen LogP contribution is 2.24. The summed E-state index contributed by atoms with van der Waals surface area (Å²) in [4.78, 5) is 2.47. The number of hydrogen-bond acceptors (Lipinski definition) is 2. The summed E-state index contributed by atoms with van der Waals surface area (Å²) in [5, 5.41) is 0.789. The molecule has 3 aromatic rings. The summed E-state index contributed by atoms with van der Waals surface area (Å²) < 4.78 is 6.27. The Hall–Kier alpha value is -2.29. The van der Waals surface area contributed by atoms with Crippen LogP contribution in [0.5, 0.6) is 5.75 Å². The topological polar surface area (TPSA) is 12.5 Å². The lowest BCUT2D eigenvalue weighted by Crippen LogP contribution is -2.40. The van der Waals surface area contributed by atoms with Gasteiger partial charge in [-0.25, -0.2) is 0 Å². The van der Waals surface area contributed by atoms with Crippen LogP contribution in [0, 0.1) is 0 Å². The maximum absolute atomic E-state index is 6.27. The summed E-state index contributed by atoms with van der Waals surface area (Å²) in [7, 11) is 0. The molecule has 0 spiro atoms. The van der Waals surface area contributed by atoms with Crippen molar-refractivity contribution in [3.63, 3.8) is 0 Å². The molecule has 1 aliphatic heterocycles. The fourth-order valence-electron chi connectivity index (χ4n) is 3.65. The summed E-state index contributed by atoms with van der Waals surface area (Å²) in [6.07, 6.45) is 2.52. The largest absolute Gasteiger partial charge is 0.489 e. The predicted molar refractivity (Wildman–Crippen MR) is 112 cm³/mol. The number of nitrogens with zero attached hydrogens (tertiary/aromatic N) is 1. The Balaban J connectivity index is 1.35. The Morgan fingerprint density at radius 2 is 1.56 bits per heavy atom. The molecular weight excluding hydrogens is 354 g/mol. The zero-order valence-electron chi connectivity index (χ0n) is 15.4.